The van der Waals surface area contributed by atoms with Crippen LogP contribution in [0.1, 0.15) is 12.0 Å². The minimum absolute atomic E-state index is 0.0364. The van der Waals surface area contributed by atoms with Gasteiger partial charge in [0.15, 0.2) is 9.84 Å². The van der Waals surface area contributed by atoms with E-state index in [0.29, 0.717) is 5.56 Å². The lowest BCUT2D eigenvalue weighted by atomic mass is 9.94. The number of thioether (sulfide) groups is 1. The van der Waals surface area contributed by atoms with E-state index in [9.17, 15) is 27.9 Å². The fourth-order valence-corrected chi connectivity index (χ4v) is 6.42. The van der Waals surface area contributed by atoms with Crippen LogP contribution in [0.3, 0.4) is 0 Å². The number of carboxylic acid groups (broad SMARTS) is 1. The molecule has 0 aromatic heterocycles. The molecule has 0 unspecified atom stereocenters. The topological polar surface area (TPSA) is 164 Å². The molecule has 2 aliphatic heterocycles. The van der Waals surface area contributed by atoms with Gasteiger partial charge in [-0.2, -0.15) is 0 Å². The summed E-state index contributed by atoms with van der Waals surface area (Å²) in [6.07, 6.45) is -0.763. The summed E-state index contributed by atoms with van der Waals surface area (Å²) in [7, 11) is -3.89. The van der Waals surface area contributed by atoms with Crippen LogP contribution in [0.2, 0.25) is 0 Å². The molecule has 12 heteroatoms. The molecule has 1 saturated heterocycles. The van der Waals surface area contributed by atoms with Crippen molar-refractivity contribution in [1.82, 2.24) is 4.90 Å². The number of fused-ring (bicyclic) bond motifs is 1. The number of aliphatic hydroxyl groups is 1. The number of nitrogens with two attached hydrogens (primary N) is 1. The predicted molar refractivity (Wildman–Crippen MR) is 101 cm³/mol. The van der Waals surface area contributed by atoms with E-state index in [4.69, 9.17) is 10.8 Å². The summed E-state index contributed by atoms with van der Waals surface area (Å²) in [6, 6.07) is 5.56. The van der Waals surface area contributed by atoms with Crippen LogP contribution in [0.15, 0.2) is 39.8 Å². The third-order valence-corrected chi connectivity index (χ3v) is 7.79. The molecule has 2 atom stereocenters. The highest BCUT2D eigenvalue weighted by Crippen LogP contribution is 2.50. The standard InChI is InChI=1S/C17H18N2O8S2/c18-17(24)27-7-9-1-3-10(4-2-9)29(25,26)8-12-13(16(22)23)19-14(21)11(5-6-20)15(19)28-12/h1-4,11,15,20H,5-8H2,(H2,18,24)(H,22,23)/t11-,15+/m0/s1. The predicted octanol–water partition coefficient (Wildman–Crippen LogP) is 0.266. The lowest BCUT2D eigenvalue weighted by Gasteiger charge is -2.42. The maximum Gasteiger partial charge on any atom is 0.404 e. The summed E-state index contributed by atoms with van der Waals surface area (Å²) >= 11 is 1.03. The number of carbonyl (C=O) groups is 3. The molecule has 1 aromatic carbocycles. The van der Waals surface area contributed by atoms with Gasteiger partial charge in [-0.25, -0.2) is 18.0 Å². The third-order valence-electron chi connectivity index (χ3n) is 4.55. The van der Waals surface area contributed by atoms with Crippen molar-refractivity contribution in [1.29, 1.82) is 0 Å². The molecule has 2 aliphatic rings. The van der Waals surface area contributed by atoms with Crippen LogP contribution in [0.4, 0.5) is 4.79 Å². The van der Waals surface area contributed by atoms with Crippen molar-refractivity contribution in [3.63, 3.8) is 0 Å². The van der Waals surface area contributed by atoms with Gasteiger partial charge in [-0.05, 0) is 24.1 Å². The van der Waals surface area contributed by atoms with Gasteiger partial charge in [-0.1, -0.05) is 12.1 Å². The fourth-order valence-electron chi connectivity index (χ4n) is 3.17. The van der Waals surface area contributed by atoms with Crippen molar-refractivity contribution in [3.8, 4) is 0 Å². The zero-order chi connectivity index (χ0) is 21.3. The van der Waals surface area contributed by atoms with Crippen molar-refractivity contribution >= 4 is 39.6 Å². The van der Waals surface area contributed by atoms with E-state index in [-0.39, 0.29) is 35.1 Å². The number of hydrogen-bond donors (Lipinski definition) is 3. The molecule has 156 valence electrons. The summed E-state index contributed by atoms with van der Waals surface area (Å²) in [5, 5.41) is 18.0. The Balaban J connectivity index is 1.80. The first-order valence-electron chi connectivity index (χ1n) is 8.46. The highest BCUT2D eigenvalue weighted by Gasteiger charge is 2.55. The van der Waals surface area contributed by atoms with Gasteiger partial charge in [0.2, 0.25) is 5.91 Å². The number of amides is 2. The van der Waals surface area contributed by atoms with Crippen LogP contribution in [-0.4, -0.2) is 59.2 Å². The van der Waals surface area contributed by atoms with Crippen LogP contribution in [0.5, 0.6) is 0 Å². The van der Waals surface area contributed by atoms with Crippen molar-refractivity contribution in [2.24, 2.45) is 11.7 Å². The minimum Gasteiger partial charge on any atom is -0.477 e. The van der Waals surface area contributed by atoms with E-state index in [1.807, 2.05) is 0 Å². The van der Waals surface area contributed by atoms with Crippen LogP contribution in [0.25, 0.3) is 0 Å². The van der Waals surface area contributed by atoms with E-state index >= 15 is 0 Å². The summed E-state index contributed by atoms with van der Waals surface area (Å²) in [6.45, 7) is -0.325. The van der Waals surface area contributed by atoms with E-state index < -0.39 is 44.9 Å². The second kappa shape index (κ2) is 8.05. The van der Waals surface area contributed by atoms with Gasteiger partial charge in [-0.15, -0.1) is 11.8 Å². The van der Waals surface area contributed by atoms with Gasteiger partial charge >= 0.3 is 12.1 Å². The second-order valence-electron chi connectivity index (χ2n) is 6.42. The van der Waals surface area contributed by atoms with E-state index in [2.05, 4.69) is 4.74 Å². The molecule has 10 nitrogen and oxygen atoms in total. The Morgan fingerprint density at radius 3 is 2.45 bits per heavy atom. The van der Waals surface area contributed by atoms with Crippen molar-refractivity contribution in [2.45, 2.75) is 23.3 Å². The van der Waals surface area contributed by atoms with Gasteiger partial charge in [0.25, 0.3) is 0 Å². The van der Waals surface area contributed by atoms with Gasteiger partial charge in [0, 0.05) is 11.5 Å². The molecule has 4 N–H and O–H groups in total. The Kier molecular flexibility index (Phi) is 5.87. The van der Waals surface area contributed by atoms with Crippen LogP contribution < -0.4 is 5.73 Å². The Morgan fingerprint density at radius 1 is 1.24 bits per heavy atom. The van der Waals surface area contributed by atoms with Gasteiger partial charge in [0.1, 0.15) is 12.3 Å². The number of β-lactam (4-membered cyclic amide) rings is 1. The fraction of sp³-hybridized carbons (Fsp3) is 0.353. The molecule has 1 aromatic rings. The molecule has 0 aliphatic carbocycles. The monoisotopic (exact) mass is 442 g/mol. The molecular weight excluding hydrogens is 424 g/mol. The van der Waals surface area contributed by atoms with Gasteiger partial charge in [0.05, 0.1) is 21.9 Å². The minimum atomic E-state index is -3.89. The van der Waals surface area contributed by atoms with Crippen LogP contribution in [0, 0.1) is 5.92 Å². The smallest absolute Gasteiger partial charge is 0.404 e. The van der Waals surface area contributed by atoms with E-state index in [0.717, 1.165) is 16.7 Å². The Hall–Kier alpha value is -2.57. The van der Waals surface area contributed by atoms with Crippen molar-refractivity contribution < 1.29 is 37.8 Å². The molecule has 3 rings (SSSR count). The SMILES string of the molecule is NC(=O)OCc1ccc(S(=O)(=O)CC2=C(C(=O)O)N3C(=O)[C@H](CCO)[C@H]3S2)cc1. The number of rotatable bonds is 8. The summed E-state index contributed by atoms with van der Waals surface area (Å²) in [5.74, 6) is -2.91. The maximum atomic E-state index is 12.8. The number of benzene rings is 1. The molecule has 1 fully saturated rings. The molecule has 0 spiro atoms. The summed E-state index contributed by atoms with van der Waals surface area (Å²) < 4.78 is 30.2. The molecule has 0 radical (unpaired) electrons. The largest absolute Gasteiger partial charge is 0.477 e. The Bertz CT molecular complexity index is 987. The molecule has 2 heterocycles. The van der Waals surface area contributed by atoms with Crippen LogP contribution >= 0.6 is 11.8 Å². The first-order chi connectivity index (χ1) is 13.7. The van der Waals surface area contributed by atoms with E-state index in [1.54, 1.807) is 0 Å². The van der Waals surface area contributed by atoms with Gasteiger partial charge in [-0.3, -0.25) is 9.69 Å². The zero-order valence-corrected chi connectivity index (χ0v) is 16.6. The quantitative estimate of drug-likeness (QED) is 0.479. The zero-order valence-electron chi connectivity index (χ0n) is 15.0. The average Bonchev–Trinajstić information content (AvgIpc) is 2.99. The number of primary amides is 1. The highest BCUT2D eigenvalue weighted by atomic mass is 32.2. The lowest BCUT2D eigenvalue weighted by Crippen LogP contribution is -2.57. The second-order valence-corrected chi connectivity index (χ2v) is 9.62. The summed E-state index contributed by atoms with van der Waals surface area (Å²) in [4.78, 5) is 35.6. The average molecular weight is 442 g/mol. The Morgan fingerprint density at radius 2 is 1.90 bits per heavy atom. The number of carbonyl (C=O) groups excluding carboxylic acids is 2. The number of hydrogen-bond acceptors (Lipinski definition) is 8. The number of aliphatic hydroxyl groups excluding tert-OH is 1. The van der Waals surface area contributed by atoms with Gasteiger partial charge < -0.3 is 20.7 Å². The molecule has 0 bridgehead atoms. The third kappa shape index (κ3) is 4.09. The highest BCUT2D eigenvalue weighted by molar-refractivity contribution is 8.05. The molecule has 0 saturated carbocycles. The molecular formula is C17H18N2O8S2. The van der Waals surface area contributed by atoms with Crippen molar-refractivity contribution in [3.05, 3.63) is 40.4 Å². The maximum absolute atomic E-state index is 12.8. The number of sulfone groups is 1. The summed E-state index contributed by atoms with van der Waals surface area (Å²) in [5.41, 5.74) is 5.09. The first-order valence-corrected chi connectivity index (χ1v) is 11.0. The number of carboxylic acids is 1. The normalized spacial score (nSPS) is 21.0. The molecule has 29 heavy (non-hydrogen) atoms. The number of aliphatic carboxylic acids is 1. The first kappa shape index (κ1) is 21.1. The molecule has 2 amide bonds. The van der Waals surface area contributed by atoms with Crippen molar-refractivity contribution in [2.75, 3.05) is 12.4 Å². The Labute approximate surface area is 170 Å². The number of ether oxygens (including phenoxy) is 1. The lowest BCUT2D eigenvalue weighted by molar-refractivity contribution is -0.152. The van der Waals surface area contributed by atoms with E-state index in [1.165, 1.54) is 24.3 Å². The van der Waals surface area contributed by atoms with Crippen LogP contribution in [-0.2, 0) is 30.8 Å². The number of nitrogens with zero attached hydrogens (tertiary/aromatic N) is 1.